The molecule has 0 aliphatic heterocycles. The van der Waals surface area contributed by atoms with Gasteiger partial charge in [-0.1, -0.05) is 24.3 Å². The Labute approximate surface area is 146 Å². The second-order valence-electron chi connectivity index (χ2n) is 5.40. The van der Waals surface area contributed by atoms with Crippen molar-refractivity contribution in [2.75, 3.05) is 13.7 Å². The molecule has 5 nitrogen and oxygen atoms in total. The molecular weight excluding hydrogens is 324 g/mol. The Balaban J connectivity index is 1.63. The smallest absolute Gasteiger partial charge is 0.252 e. The van der Waals surface area contributed by atoms with Crippen LogP contribution in [0.3, 0.4) is 0 Å². The van der Waals surface area contributed by atoms with Crippen LogP contribution in [0.25, 0.3) is 0 Å². The van der Waals surface area contributed by atoms with E-state index in [0.29, 0.717) is 38.1 Å². The molecule has 1 aromatic heterocycles. The third kappa shape index (κ3) is 6.14. The number of carbonyl (C=O) groups excluding carboxylic acids is 2. The minimum absolute atomic E-state index is 0.0167. The molecule has 24 heavy (non-hydrogen) atoms. The molecule has 2 aromatic rings. The molecule has 0 unspecified atom stereocenters. The Morgan fingerprint density at radius 3 is 2.75 bits per heavy atom. The Hall–Kier alpha value is -2.18. The van der Waals surface area contributed by atoms with Crippen molar-refractivity contribution in [3.63, 3.8) is 0 Å². The van der Waals surface area contributed by atoms with E-state index in [0.717, 1.165) is 11.1 Å². The van der Waals surface area contributed by atoms with E-state index in [1.165, 1.54) is 11.3 Å². The maximum Gasteiger partial charge on any atom is 0.252 e. The first-order valence-electron chi connectivity index (χ1n) is 7.83. The average Bonchev–Trinajstić information content (AvgIpc) is 3.12. The van der Waals surface area contributed by atoms with Crippen LogP contribution in [0, 0.1) is 0 Å². The Morgan fingerprint density at radius 1 is 1.17 bits per heavy atom. The molecule has 128 valence electrons. The highest BCUT2D eigenvalue weighted by atomic mass is 32.1. The lowest BCUT2D eigenvalue weighted by Gasteiger charge is -2.08. The van der Waals surface area contributed by atoms with E-state index in [1.54, 1.807) is 18.6 Å². The Morgan fingerprint density at radius 2 is 2.00 bits per heavy atom. The molecule has 0 fully saturated rings. The van der Waals surface area contributed by atoms with Gasteiger partial charge in [-0.25, -0.2) is 0 Å². The molecule has 0 radical (unpaired) electrons. The topological polar surface area (TPSA) is 67.4 Å². The van der Waals surface area contributed by atoms with Gasteiger partial charge in [-0.2, -0.15) is 11.3 Å². The first-order chi connectivity index (χ1) is 11.7. The number of rotatable bonds is 9. The number of ether oxygens (including phenoxy) is 1. The maximum absolute atomic E-state index is 11.9. The van der Waals surface area contributed by atoms with E-state index < -0.39 is 0 Å². The summed E-state index contributed by atoms with van der Waals surface area (Å²) in [7, 11) is 1.66. The highest BCUT2D eigenvalue weighted by Crippen LogP contribution is 2.07. The number of amides is 2. The highest BCUT2D eigenvalue weighted by Gasteiger charge is 2.06. The quantitative estimate of drug-likeness (QED) is 0.686. The van der Waals surface area contributed by atoms with Gasteiger partial charge in [0, 0.05) is 37.6 Å². The van der Waals surface area contributed by atoms with E-state index in [4.69, 9.17) is 4.74 Å². The zero-order chi connectivity index (χ0) is 17.2. The van der Waals surface area contributed by atoms with Crippen LogP contribution in [0.2, 0.25) is 0 Å². The third-order valence-electron chi connectivity index (χ3n) is 3.44. The van der Waals surface area contributed by atoms with Gasteiger partial charge >= 0.3 is 0 Å². The normalized spacial score (nSPS) is 10.4. The van der Waals surface area contributed by atoms with Gasteiger partial charge in [-0.3, -0.25) is 9.59 Å². The minimum Gasteiger partial charge on any atom is -0.380 e. The van der Waals surface area contributed by atoms with E-state index in [1.807, 2.05) is 29.6 Å². The number of nitrogens with one attached hydrogen (secondary N) is 2. The van der Waals surface area contributed by atoms with Crippen LogP contribution in [-0.4, -0.2) is 25.5 Å². The van der Waals surface area contributed by atoms with Crippen LogP contribution in [0.1, 0.15) is 34.3 Å². The van der Waals surface area contributed by atoms with Crippen molar-refractivity contribution in [1.82, 2.24) is 10.6 Å². The number of thiophene rings is 1. The molecule has 0 saturated heterocycles. The Kier molecular flexibility index (Phi) is 7.45. The fraction of sp³-hybridized carbons (Fsp3) is 0.333. The predicted molar refractivity (Wildman–Crippen MR) is 94.9 cm³/mol. The van der Waals surface area contributed by atoms with Crippen molar-refractivity contribution in [3.05, 3.63) is 57.8 Å². The molecule has 2 rings (SSSR count). The molecule has 1 aromatic carbocycles. The second-order valence-corrected chi connectivity index (χ2v) is 6.18. The SMILES string of the molecule is COCc1cccc(CNC(=O)CCCNC(=O)c2ccsc2)c1. The zero-order valence-corrected chi connectivity index (χ0v) is 14.5. The summed E-state index contributed by atoms with van der Waals surface area (Å²) in [6.45, 7) is 1.55. The van der Waals surface area contributed by atoms with Crippen LogP contribution >= 0.6 is 11.3 Å². The van der Waals surface area contributed by atoms with Gasteiger partial charge in [0.25, 0.3) is 5.91 Å². The maximum atomic E-state index is 11.9. The van der Waals surface area contributed by atoms with Crippen molar-refractivity contribution in [2.24, 2.45) is 0 Å². The van der Waals surface area contributed by atoms with E-state index in [2.05, 4.69) is 10.6 Å². The number of carbonyl (C=O) groups is 2. The van der Waals surface area contributed by atoms with Gasteiger partial charge in [-0.15, -0.1) is 0 Å². The number of hydrogen-bond donors (Lipinski definition) is 2. The molecule has 1 heterocycles. The molecule has 2 amide bonds. The predicted octanol–water partition coefficient (Wildman–Crippen LogP) is 2.72. The molecule has 6 heteroatoms. The zero-order valence-electron chi connectivity index (χ0n) is 13.7. The van der Waals surface area contributed by atoms with Crippen molar-refractivity contribution in [3.8, 4) is 0 Å². The van der Waals surface area contributed by atoms with Crippen molar-refractivity contribution in [2.45, 2.75) is 26.0 Å². The van der Waals surface area contributed by atoms with Crippen LogP contribution < -0.4 is 10.6 Å². The molecule has 0 bridgehead atoms. The van der Waals surface area contributed by atoms with Gasteiger partial charge in [0.15, 0.2) is 0 Å². The molecular formula is C18H22N2O3S. The molecule has 0 aliphatic carbocycles. The first-order valence-corrected chi connectivity index (χ1v) is 8.77. The van der Waals surface area contributed by atoms with Crippen molar-refractivity contribution >= 4 is 23.2 Å². The number of benzene rings is 1. The summed E-state index contributed by atoms with van der Waals surface area (Å²) in [6, 6.07) is 9.72. The average molecular weight is 346 g/mol. The summed E-state index contributed by atoms with van der Waals surface area (Å²) in [6.07, 6.45) is 1.01. The largest absolute Gasteiger partial charge is 0.380 e. The first kappa shape index (κ1) is 18.2. The van der Waals surface area contributed by atoms with Gasteiger partial charge in [0.05, 0.1) is 6.61 Å². The van der Waals surface area contributed by atoms with Crippen molar-refractivity contribution in [1.29, 1.82) is 0 Å². The number of methoxy groups -OCH3 is 1. The lowest BCUT2D eigenvalue weighted by molar-refractivity contribution is -0.121. The highest BCUT2D eigenvalue weighted by molar-refractivity contribution is 7.08. The summed E-state index contributed by atoms with van der Waals surface area (Å²) in [4.78, 5) is 23.6. The fourth-order valence-corrected chi connectivity index (χ4v) is 2.87. The van der Waals surface area contributed by atoms with E-state index >= 15 is 0 Å². The van der Waals surface area contributed by atoms with Crippen LogP contribution in [0.15, 0.2) is 41.1 Å². The standard InChI is InChI=1S/C18H22N2O3S/c1-23-12-15-5-2-4-14(10-15)11-20-17(21)6-3-8-19-18(22)16-7-9-24-13-16/h2,4-5,7,9-10,13H,3,6,8,11-12H2,1H3,(H,19,22)(H,20,21). The van der Waals surface area contributed by atoms with Gasteiger partial charge in [-0.05, 0) is 29.0 Å². The molecule has 0 spiro atoms. The summed E-state index contributed by atoms with van der Waals surface area (Å²) >= 11 is 1.49. The molecule has 0 saturated carbocycles. The van der Waals surface area contributed by atoms with E-state index in [9.17, 15) is 9.59 Å². The van der Waals surface area contributed by atoms with Gasteiger partial charge < -0.3 is 15.4 Å². The third-order valence-corrected chi connectivity index (χ3v) is 4.12. The molecule has 0 atom stereocenters. The van der Waals surface area contributed by atoms with Gasteiger partial charge in [0.1, 0.15) is 0 Å². The van der Waals surface area contributed by atoms with E-state index in [-0.39, 0.29) is 11.8 Å². The summed E-state index contributed by atoms with van der Waals surface area (Å²) < 4.78 is 5.10. The summed E-state index contributed by atoms with van der Waals surface area (Å²) in [5.74, 6) is -0.108. The fourth-order valence-electron chi connectivity index (χ4n) is 2.23. The second kappa shape index (κ2) is 9.85. The lowest BCUT2D eigenvalue weighted by Crippen LogP contribution is -2.27. The molecule has 2 N–H and O–H groups in total. The van der Waals surface area contributed by atoms with Crippen LogP contribution in [-0.2, 0) is 22.7 Å². The summed E-state index contributed by atoms with van der Waals surface area (Å²) in [5, 5.41) is 9.37. The lowest BCUT2D eigenvalue weighted by atomic mass is 10.1. The van der Waals surface area contributed by atoms with Crippen LogP contribution in [0.5, 0.6) is 0 Å². The number of hydrogen-bond acceptors (Lipinski definition) is 4. The van der Waals surface area contributed by atoms with Crippen LogP contribution in [0.4, 0.5) is 0 Å². The Bertz CT molecular complexity index is 656. The monoisotopic (exact) mass is 346 g/mol. The minimum atomic E-state index is -0.0911. The van der Waals surface area contributed by atoms with Crippen molar-refractivity contribution < 1.29 is 14.3 Å². The molecule has 0 aliphatic rings. The van der Waals surface area contributed by atoms with Gasteiger partial charge in [0.2, 0.25) is 5.91 Å². The summed E-state index contributed by atoms with van der Waals surface area (Å²) in [5.41, 5.74) is 2.80.